The van der Waals surface area contributed by atoms with E-state index in [0.717, 1.165) is 6.07 Å². The second kappa shape index (κ2) is 9.38. The number of rotatable bonds is 7. The number of hydrogen-bond acceptors (Lipinski definition) is 5. The van der Waals surface area contributed by atoms with Gasteiger partial charge in [-0.05, 0) is 57.2 Å². The van der Waals surface area contributed by atoms with Gasteiger partial charge >= 0.3 is 0 Å². The summed E-state index contributed by atoms with van der Waals surface area (Å²) in [5.74, 6) is -1.25. The van der Waals surface area contributed by atoms with Crippen molar-refractivity contribution in [3.63, 3.8) is 0 Å². The van der Waals surface area contributed by atoms with Crippen LogP contribution in [-0.2, 0) is 26.8 Å². The average molecular weight is 535 g/mol. The molecule has 0 unspecified atom stereocenters. The van der Waals surface area contributed by atoms with Gasteiger partial charge in [0.1, 0.15) is 16.9 Å². The minimum atomic E-state index is -3.78. The van der Waals surface area contributed by atoms with Crippen LogP contribution in [-0.4, -0.2) is 49.2 Å². The van der Waals surface area contributed by atoms with E-state index in [1.807, 2.05) is 13.0 Å². The van der Waals surface area contributed by atoms with Crippen LogP contribution >= 0.6 is 0 Å². The van der Waals surface area contributed by atoms with E-state index >= 15 is 8.78 Å². The Kier molecular flexibility index (Phi) is 6.76. The van der Waals surface area contributed by atoms with Gasteiger partial charge in [0.05, 0.1) is 24.4 Å². The molecule has 37 heavy (non-hydrogen) atoms. The lowest BCUT2D eigenvalue weighted by Gasteiger charge is -2.54. The lowest BCUT2D eigenvalue weighted by Crippen LogP contribution is -2.63. The fraction of sp³-hybridized carbons (Fsp3) is 0.571. The minimum Gasteiger partial charge on any atom is -0.390 e. The second-order valence-corrected chi connectivity index (χ2v) is 14.0. The molecule has 1 saturated carbocycles. The van der Waals surface area contributed by atoms with Crippen LogP contribution in [0.3, 0.4) is 0 Å². The molecule has 2 saturated heterocycles. The van der Waals surface area contributed by atoms with Gasteiger partial charge in [-0.3, -0.25) is 0 Å². The molecule has 5 rings (SSSR count). The van der Waals surface area contributed by atoms with Gasteiger partial charge in [0, 0.05) is 35.7 Å². The monoisotopic (exact) mass is 534 g/mol. The van der Waals surface area contributed by atoms with Crippen LogP contribution in [0.25, 0.3) is 0 Å². The number of halogens is 2. The first-order valence-electron chi connectivity index (χ1n) is 12.9. The van der Waals surface area contributed by atoms with Gasteiger partial charge in [-0.25, -0.2) is 17.2 Å². The van der Waals surface area contributed by atoms with Crippen LogP contribution < -0.4 is 5.32 Å². The number of benzene rings is 2. The fourth-order valence-corrected chi connectivity index (χ4v) is 8.38. The highest BCUT2D eigenvalue weighted by molar-refractivity contribution is 7.89. The van der Waals surface area contributed by atoms with Gasteiger partial charge < -0.3 is 15.2 Å². The third-order valence-electron chi connectivity index (χ3n) is 8.29. The Labute approximate surface area is 218 Å². The highest BCUT2D eigenvalue weighted by Gasteiger charge is 2.54. The molecule has 6 nitrogen and oxygen atoms in total. The predicted octanol–water partition coefficient (Wildman–Crippen LogP) is 4.39. The number of aliphatic hydroxyl groups is 1. The Morgan fingerprint density at radius 1 is 1.08 bits per heavy atom. The van der Waals surface area contributed by atoms with Gasteiger partial charge in [-0.2, -0.15) is 4.31 Å². The maximum Gasteiger partial charge on any atom is 0.221 e. The van der Waals surface area contributed by atoms with E-state index in [2.05, 4.69) is 12.2 Å². The molecule has 3 fully saturated rings. The number of ether oxygens (including phenoxy) is 1. The lowest BCUT2D eigenvalue weighted by atomic mass is 9.62. The van der Waals surface area contributed by atoms with Gasteiger partial charge in [-0.15, -0.1) is 0 Å². The zero-order valence-corrected chi connectivity index (χ0v) is 22.5. The van der Waals surface area contributed by atoms with E-state index in [-0.39, 0.29) is 42.0 Å². The summed E-state index contributed by atoms with van der Waals surface area (Å²) in [7, 11) is -3.78. The van der Waals surface area contributed by atoms with E-state index in [1.54, 1.807) is 31.2 Å². The molecule has 2 aromatic carbocycles. The second-order valence-electron chi connectivity index (χ2n) is 11.9. The Morgan fingerprint density at radius 3 is 2.35 bits per heavy atom. The smallest absolute Gasteiger partial charge is 0.221 e. The summed E-state index contributed by atoms with van der Waals surface area (Å²) < 4.78 is 64.9. The molecule has 2 aromatic rings. The number of hydrogen-bond donors (Lipinski definition) is 2. The van der Waals surface area contributed by atoms with Gasteiger partial charge in [0.15, 0.2) is 0 Å². The first kappa shape index (κ1) is 26.7. The van der Waals surface area contributed by atoms with Crippen molar-refractivity contribution in [2.24, 2.45) is 5.41 Å². The van der Waals surface area contributed by atoms with E-state index in [4.69, 9.17) is 4.74 Å². The Balaban J connectivity index is 1.41. The van der Waals surface area contributed by atoms with Gasteiger partial charge in [0.2, 0.25) is 10.0 Å². The summed E-state index contributed by atoms with van der Waals surface area (Å²) in [6, 6.07) is 11.0. The maximum absolute atomic E-state index is 15.6. The third kappa shape index (κ3) is 4.96. The molecular weight excluding hydrogens is 498 g/mol. The lowest BCUT2D eigenvalue weighted by molar-refractivity contribution is -0.124. The van der Waals surface area contributed by atoms with Crippen LogP contribution in [0.2, 0.25) is 0 Å². The van der Waals surface area contributed by atoms with Crippen molar-refractivity contribution < 1.29 is 27.0 Å². The summed E-state index contributed by atoms with van der Waals surface area (Å²) in [6.45, 7) is 7.07. The summed E-state index contributed by atoms with van der Waals surface area (Å²) >= 11 is 0. The Morgan fingerprint density at radius 2 is 1.76 bits per heavy atom. The molecule has 0 amide bonds. The largest absolute Gasteiger partial charge is 0.390 e. The highest BCUT2D eigenvalue weighted by atomic mass is 32.2. The van der Waals surface area contributed by atoms with E-state index in [9.17, 15) is 13.5 Å². The molecule has 1 aliphatic carbocycles. The Hall–Kier alpha value is -1.91. The van der Waals surface area contributed by atoms with Crippen LogP contribution in [0.1, 0.15) is 68.4 Å². The van der Waals surface area contributed by atoms with Crippen molar-refractivity contribution in [1.82, 2.24) is 9.62 Å². The molecule has 2 aliphatic heterocycles. The SMILES string of the molecule is C[C@H]1CC[C@H](c2ccccc2)S(=O)(=O)N1Cc1cc(F)c(C2(NCC3(C)COC3)CC(C)(O)C2)cc1F. The first-order valence-corrected chi connectivity index (χ1v) is 14.4. The number of nitrogens with one attached hydrogen (secondary N) is 1. The molecule has 0 radical (unpaired) electrons. The van der Waals surface area contributed by atoms with Crippen molar-refractivity contribution in [2.45, 2.75) is 75.4 Å². The topological polar surface area (TPSA) is 78.9 Å². The number of nitrogens with zero attached hydrogens (tertiary/aromatic N) is 1. The third-order valence-corrected chi connectivity index (χ3v) is 10.7. The Bertz CT molecular complexity index is 1260. The molecule has 2 atom stereocenters. The first-order chi connectivity index (χ1) is 17.3. The molecule has 2 heterocycles. The standard InChI is InChI=1S/C28H36F2N2O4S/c1-19-9-10-25(20-7-5-4-6-8-20)37(34,35)32(19)13-21-11-24(30)22(12-23(21)29)28(14-27(3,33)15-28)31-16-26(2)17-36-18-26/h4-8,11-12,19,25,31,33H,9-10,13-18H2,1-3H3/t19-,25+,27?,28?/m0/s1. The van der Waals surface area contributed by atoms with Crippen LogP contribution in [0, 0.1) is 17.0 Å². The minimum absolute atomic E-state index is 0.00553. The zero-order chi connectivity index (χ0) is 26.6. The predicted molar refractivity (Wildman–Crippen MR) is 137 cm³/mol. The van der Waals surface area contributed by atoms with Crippen LogP contribution in [0.4, 0.5) is 8.78 Å². The molecule has 3 aliphatic rings. The van der Waals surface area contributed by atoms with Crippen molar-refractivity contribution >= 4 is 10.0 Å². The van der Waals surface area contributed by atoms with E-state index < -0.39 is 38.0 Å². The molecule has 0 aromatic heterocycles. The molecule has 0 bridgehead atoms. The zero-order valence-electron chi connectivity index (χ0n) is 21.6. The van der Waals surface area contributed by atoms with Crippen molar-refractivity contribution in [1.29, 1.82) is 0 Å². The fourth-order valence-electron chi connectivity index (χ4n) is 6.19. The van der Waals surface area contributed by atoms with Crippen LogP contribution in [0.15, 0.2) is 42.5 Å². The summed E-state index contributed by atoms with van der Waals surface area (Å²) in [5, 5.41) is 13.2. The van der Waals surface area contributed by atoms with Gasteiger partial charge in [0.25, 0.3) is 0 Å². The summed E-state index contributed by atoms with van der Waals surface area (Å²) in [6.07, 6.45) is 1.62. The number of sulfonamides is 1. The van der Waals surface area contributed by atoms with Gasteiger partial charge in [-0.1, -0.05) is 37.3 Å². The average Bonchev–Trinajstić information content (AvgIpc) is 2.80. The normalized spacial score (nSPS) is 32.9. The molecule has 9 heteroatoms. The molecule has 0 spiro atoms. The summed E-state index contributed by atoms with van der Waals surface area (Å²) in [4.78, 5) is 0. The molecular formula is C28H36F2N2O4S. The highest BCUT2D eigenvalue weighted by Crippen LogP contribution is 2.50. The maximum atomic E-state index is 15.6. The van der Waals surface area contributed by atoms with E-state index in [0.29, 0.717) is 38.2 Å². The quantitative estimate of drug-likeness (QED) is 0.551. The molecule has 2 N–H and O–H groups in total. The summed E-state index contributed by atoms with van der Waals surface area (Å²) in [5.41, 5.74) is -1.08. The molecule has 202 valence electrons. The van der Waals surface area contributed by atoms with Crippen molar-refractivity contribution in [3.8, 4) is 0 Å². The van der Waals surface area contributed by atoms with Crippen LogP contribution in [0.5, 0.6) is 0 Å². The van der Waals surface area contributed by atoms with Crippen molar-refractivity contribution in [3.05, 3.63) is 70.8 Å². The van der Waals surface area contributed by atoms with E-state index in [1.165, 1.54) is 10.4 Å². The van der Waals surface area contributed by atoms with Crippen molar-refractivity contribution in [2.75, 3.05) is 19.8 Å².